The Bertz CT molecular complexity index is 1070. The van der Waals surface area contributed by atoms with Crippen LogP contribution in [-0.4, -0.2) is 36.5 Å². The fourth-order valence-corrected chi connectivity index (χ4v) is 4.64. The van der Waals surface area contributed by atoms with Crippen LogP contribution in [0, 0.1) is 5.41 Å². The van der Waals surface area contributed by atoms with Gasteiger partial charge in [-0.2, -0.15) is 0 Å². The van der Waals surface area contributed by atoms with Crippen LogP contribution >= 0.6 is 0 Å². The molecule has 4 nitrogen and oxygen atoms in total. The third kappa shape index (κ3) is 4.84. The van der Waals surface area contributed by atoms with Gasteiger partial charge in [0.15, 0.2) is 0 Å². The lowest BCUT2D eigenvalue weighted by Crippen LogP contribution is -2.46. The number of benzene rings is 3. The maximum atomic E-state index is 12.6. The summed E-state index contributed by atoms with van der Waals surface area (Å²) in [5.74, 6) is 0.994. The van der Waals surface area contributed by atoms with Crippen LogP contribution in [-0.2, 0) is 5.60 Å². The molecule has 1 heterocycles. The lowest BCUT2D eigenvalue weighted by atomic mass is 9.65. The number of ether oxygens (including phenoxy) is 2. The minimum atomic E-state index is -4.77. The highest BCUT2D eigenvalue weighted by Crippen LogP contribution is 2.50. The van der Waals surface area contributed by atoms with E-state index in [-0.39, 0.29) is 5.75 Å². The molecule has 1 fully saturated rings. The Morgan fingerprint density at radius 3 is 1.82 bits per heavy atom. The fraction of sp³-hybridized carbons (Fsp3) is 0.308. The largest absolute Gasteiger partial charge is 0.573 e. The Labute approximate surface area is 191 Å². The molecule has 0 amide bonds. The van der Waals surface area contributed by atoms with Gasteiger partial charge in [0.1, 0.15) is 22.8 Å². The van der Waals surface area contributed by atoms with Crippen molar-refractivity contribution < 1.29 is 27.8 Å². The van der Waals surface area contributed by atoms with E-state index in [0.29, 0.717) is 29.2 Å². The van der Waals surface area contributed by atoms with Gasteiger partial charge in [0.2, 0.25) is 0 Å². The third-order valence-corrected chi connectivity index (χ3v) is 6.29. The molecule has 7 heteroatoms. The summed E-state index contributed by atoms with van der Waals surface area (Å²) in [7, 11) is 1.99. The van der Waals surface area contributed by atoms with Gasteiger partial charge in [-0.1, -0.05) is 49.4 Å². The standard InChI is InChI=1S/C26H26F3NO3/c1-24(16-17-30(2)18-24)25(31,20-10-14-23(15-11-20)33-26(27,28)29)19-8-12-22(13-9-19)32-21-6-4-3-5-7-21/h3-15,31H,16-18H2,1-2H3/t24?,25-/m0/s1. The van der Waals surface area contributed by atoms with Crippen molar-refractivity contribution in [3.63, 3.8) is 0 Å². The van der Waals surface area contributed by atoms with Crippen LogP contribution in [0.3, 0.4) is 0 Å². The third-order valence-electron chi connectivity index (χ3n) is 6.29. The van der Waals surface area contributed by atoms with Crippen LogP contribution in [0.25, 0.3) is 0 Å². The molecule has 0 saturated carbocycles. The lowest BCUT2D eigenvalue weighted by molar-refractivity contribution is -0.274. The van der Waals surface area contributed by atoms with Gasteiger partial charge in [-0.3, -0.25) is 0 Å². The number of hydrogen-bond acceptors (Lipinski definition) is 4. The van der Waals surface area contributed by atoms with Crippen LogP contribution in [0.5, 0.6) is 17.2 Å². The van der Waals surface area contributed by atoms with Gasteiger partial charge in [0.05, 0.1) is 0 Å². The minimum absolute atomic E-state index is 0.325. The molecule has 0 aromatic heterocycles. The smallest absolute Gasteiger partial charge is 0.457 e. The van der Waals surface area contributed by atoms with Crippen molar-refractivity contribution in [2.75, 3.05) is 20.1 Å². The van der Waals surface area contributed by atoms with Gasteiger partial charge in [-0.25, -0.2) is 0 Å². The van der Waals surface area contributed by atoms with E-state index in [4.69, 9.17) is 4.74 Å². The highest BCUT2D eigenvalue weighted by atomic mass is 19.4. The molecule has 0 spiro atoms. The molecule has 33 heavy (non-hydrogen) atoms. The van der Waals surface area contributed by atoms with Crippen LogP contribution in [0.2, 0.25) is 0 Å². The molecule has 4 rings (SSSR count). The second kappa shape index (κ2) is 8.72. The van der Waals surface area contributed by atoms with Crippen molar-refractivity contribution in [1.29, 1.82) is 0 Å². The van der Waals surface area contributed by atoms with E-state index in [2.05, 4.69) is 9.64 Å². The van der Waals surface area contributed by atoms with Crippen molar-refractivity contribution in [3.8, 4) is 17.2 Å². The summed E-state index contributed by atoms with van der Waals surface area (Å²) in [5, 5.41) is 12.2. The molecule has 1 unspecified atom stereocenters. The summed E-state index contributed by atoms with van der Waals surface area (Å²) >= 11 is 0. The second-order valence-electron chi connectivity index (χ2n) is 8.77. The molecule has 174 valence electrons. The van der Waals surface area contributed by atoms with E-state index in [9.17, 15) is 18.3 Å². The highest BCUT2D eigenvalue weighted by Gasteiger charge is 2.52. The maximum Gasteiger partial charge on any atom is 0.573 e. The molecule has 2 atom stereocenters. The van der Waals surface area contributed by atoms with Gasteiger partial charge in [0, 0.05) is 12.0 Å². The average molecular weight is 457 g/mol. The number of halogens is 3. The summed E-state index contributed by atoms with van der Waals surface area (Å²) in [6.45, 7) is 3.45. The number of rotatable bonds is 6. The zero-order chi connectivity index (χ0) is 23.7. The Balaban J connectivity index is 1.69. The topological polar surface area (TPSA) is 41.9 Å². The van der Waals surface area contributed by atoms with Gasteiger partial charge in [0.25, 0.3) is 0 Å². The monoisotopic (exact) mass is 457 g/mol. The number of nitrogens with zero attached hydrogens (tertiary/aromatic N) is 1. The first kappa shape index (κ1) is 23.1. The molecule has 0 aliphatic carbocycles. The molecule has 0 radical (unpaired) electrons. The molecule has 3 aromatic rings. The predicted octanol–water partition coefficient (Wildman–Crippen LogP) is 5.96. The summed E-state index contributed by atoms with van der Waals surface area (Å²) in [5.41, 5.74) is -0.841. The number of hydrogen-bond donors (Lipinski definition) is 1. The predicted molar refractivity (Wildman–Crippen MR) is 119 cm³/mol. The fourth-order valence-electron chi connectivity index (χ4n) is 4.64. The number of para-hydroxylation sites is 1. The Kier molecular flexibility index (Phi) is 6.12. The molecular weight excluding hydrogens is 431 g/mol. The Morgan fingerprint density at radius 2 is 1.33 bits per heavy atom. The number of alkyl halides is 3. The molecule has 1 saturated heterocycles. The first-order valence-electron chi connectivity index (χ1n) is 10.7. The quantitative estimate of drug-likeness (QED) is 0.496. The van der Waals surface area contributed by atoms with Crippen molar-refractivity contribution in [3.05, 3.63) is 90.0 Å². The van der Waals surface area contributed by atoms with Gasteiger partial charge in [-0.05, 0) is 67.5 Å². The van der Waals surface area contributed by atoms with Gasteiger partial charge >= 0.3 is 6.36 Å². The maximum absolute atomic E-state index is 12.6. The Morgan fingerprint density at radius 1 is 0.818 bits per heavy atom. The van der Waals surface area contributed by atoms with Gasteiger partial charge < -0.3 is 19.5 Å². The van der Waals surface area contributed by atoms with Crippen molar-refractivity contribution >= 4 is 0 Å². The second-order valence-corrected chi connectivity index (χ2v) is 8.77. The van der Waals surface area contributed by atoms with Gasteiger partial charge in [-0.15, -0.1) is 13.2 Å². The summed E-state index contributed by atoms with van der Waals surface area (Å²) in [6, 6.07) is 22.0. The van der Waals surface area contributed by atoms with E-state index in [1.165, 1.54) is 24.3 Å². The number of aliphatic hydroxyl groups is 1. The SMILES string of the molecule is CN1CCC(C)([C@](O)(c2ccc(Oc3ccccc3)cc2)c2ccc(OC(F)(F)F)cc2)C1. The molecule has 3 aromatic carbocycles. The summed E-state index contributed by atoms with van der Waals surface area (Å²) < 4.78 is 47.7. The van der Waals surface area contributed by atoms with E-state index in [0.717, 1.165) is 13.0 Å². The van der Waals surface area contributed by atoms with Crippen molar-refractivity contribution in [1.82, 2.24) is 4.90 Å². The van der Waals surface area contributed by atoms with E-state index in [1.54, 1.807) is 12.1 Å². The average Bonchev–Trinajstić information content (AvgIpc) is 3.14. The molecule has 0 bridgehead atoms. The van der Waals surface area contributed by atoms with Crippen molar-refractivity contribution in [2.24, 2.45) is 5.41 Å². The number of likely N-dealkylation sites (tertiary alicyclic amines) is 1. The zero-order valence-corrected chi connectivity index (χ0v) is 18.5. The van der Waals surface area contributed by atoms with Crippen LogP contribution in [0.1, 0.15) is 24.5 Å². The van der Waals surface area contributed by atoms with Crippen LogP contribution < -0.4 is 9.47 Å². The van der Waals surface area contributed by atoms with E-state index >= 15 is 0 Å². The lowest BCUT2D eigenvalue weighted by Gasteiger charge is -2.43. The van der Waals surface area contributed by atoms with Crippen LogP contribution in [0.4, 0.5) is 13.2 Å². The molecule has 1 aliphatic heterocycles. The summed E-state index contributed by atoms with van der Waals surface area (Å²) in [6.07, 6.45) is -4.05. The molecule has 1 aliphatic rings. The molecular formula is C26H26F3NO3. The zero-order valence-electron chi connectivity index (χ0n) is 18.5. The minimum Gasteiger partial charge on any atom is -0.457 e. The summed E-state index contributed by atoms with van der Waals surface area (Å²) in [4.78, 5) is 2.14. The Hall–Kier alpha value is -3.03. The first-order chi connectivity index (χ1) is 15.6. The molecule has 1 N–H and O–H groups in total. The van der Waals surface area contributed by atoms with Crippen molar-refractivity contribution in [2.45, 2.75) is 25.3 Å². The normalized spacial score (nSPS) is 20.9. The van der Waals surface area contributed by atoms with Crippen LogP contribution in [0.15, 0.2) is 78.9 Å². The first-order valence-corrected chi connectivity index (χ1v) is 10.7. The van der Waals surface area contributed by atoms with E-state index < -0.39 is 17.4 Å². The highest BCUT2D eigenvalue weighted by molar-refractivity contribution is 5.44. The van der Waals surface area contributed by atoms with E-state index in [1.807, 2.05) is 56.4 Å².